The Morgan fingerprint density at radius 3 is 2.93 bits per heavy atom. The molecule has 2 heterocycles. The van der Waals surface area contributed by atoms with Gasteiger partial charge in [-0.1, -0.05) is 6.92 Å². The number of piperazine rings is 1. The molecule has 1 aliphatic rings. The van der Waals surface area contributed by atoms with E-state index in [-0.39, 0.29) is 0 Å². The second kappa shape index (κ2) is 4.49. The average molecular weight is 225 g/mol. The summed E-state index contributed by atoms with van der Waals surface area (Å²) in [5.41, 5.74) is 1.18. The molecule has 3 nitrogen and oxygen atoms in total. The second-order valence-corrected chi connectivity index (χ2v) is 5.28. The van der Waals surface area contributed by atoms with E-state index in [1.54, 1.807) is 0 Å². The minimum absolute atomic E-state index is 0.615. The lowest BCUT2D eigenvalue weighted by molar-refractivity contribution is 0.465. The number of aryl methyl sites for hydroxylation is 2. The van der Waals surface area contributed by atoms with E-state index in [0.29, 0.717) is 6.04 Å². The van der Waals surface area contributed by atoms with Crippen molar-refractivity contribution in [3.05, 3.63) is 10.6 Å². The van der Waals surface area contributed by atoms with Gasteiger partial charge in [0, 0.05) is 30.6 Å². The van der Waals surface area contributed by atoms with E-state index in [0.717, 1.165) is 19.6 Å². The summed E-state index contributed by atoms with van der Waals surface area (Å²) in [5, 5.41) is 4.65. The van der Waals surface area contributed by atoms with Crippen molar-refractivity contribution in [1.29, 1.82) is 0 Å². The highest BCUT2D eigenvalue weighted by molar-refractivity contribution is 7.15. The molecule has 1 aromatic rings. The summed E-state index contributed by atoms with van der Waals surface area (Å²) in [7, 11) is 0. The van der Waals surface area contributed by atoms with E-state index in [9.17, 15) is 0 Å². The SMILES string of the molecule is CCC1CNCCN1c1nc(C)c(C)s1. The second-order valence-electron chi connectivity index (χ2n) is 4.10. The van der Waals surface area contributed by atoms with E-state index >= 15 is 0 Å². The van der Waals surface area contributed by atoms with Crippen molar-refractivity contribution in [2.24, 2.45) is 0 Å². The summed E-state index contributed by atoms with van der Waals surface area (Å²) in [6.07, 6.45) is 1.19. The number of rotatable bonds is 2. The molecule has 84 valence electrons. The third kappa shape index (κ3) is 2.16. The molecule has 0 spiro atoms. The minimum atomic E-state index is 0.615. The van der Waals surface area contributed by atoms with Gasteiger partial charge in [0.05, 0.1) is 5.69 Å². The lowest BCUT2D eigenvalue weighted by atomic mass is 10.1. The summed E-state index contributed by atoms with van der Waals surface area (Å²) in [4.78, 5) is 8.45. The summed E-state index contributed by atoms with van der Waals surface area (Å²) in [6.45, 7) is 9.75. The summed E-state index contributed by atoms with van der Waals surface area (Å²) in [6, 6.07) is 0.615. The molecule has 4 heteroatoms. The molecule has 0 amide bonds. The molecule has 1 atom stereocenters. The standard InChI is InChI=1S/C11H19N3S/c1-4-10-7-12-5-6-14(10)11-13-8(2)9(3)15-11/h10,12H,4-7H2,1-3H3. The van der Waals surface area contributed by atoms with Gasteiger partial charge in [0.25, 0.3) is 0 Å². The zero-order valence-electron chi connectivity index (χ0n) is 9.71. The predicted molar refractivity (Wildman–Crippen MR) is 65.9 cm³/mol. The van der Waals surface area contributed by atoms with Crippen LogP contribution in [0.2, 0.25) is 0 Å². The first-order valence-electron chi connectivity index (χ1n) is 5.63. The normalized spacial score (nSPS) is 22.1. The topological polar surface area (TPSA) is 28.2 Å². The lowest BCUT2D eigenvalue weighted by Gasteiger charge is -2.35. The molecule has 15 heavy (non-hydrogen) atoms. The van der Waals surface area contributed by atoms with Gasteiger partial charge in [0.15, 0.2) is 5.13 Å². The molecule has 0 saturated carbocycles. The summed E-state index contributed by atoms with van der Waals surface area (Å²) >= 11 is 1.83. The van der Waals surface area contributed by atoms with E-state index < -0.39 is 0 Å². The van der Waals surface area contributed by atoms with Gasteiger partial charge in [-0.05, 0) is 20.3 Å². The van der Waals surface area contributed by atoms with Gasteiger partial charge in [-0.3, -0.25) is 0 Å². The molecule has 1 aliphatic heterocycles. The number of anilines is 1. The van der Waals surface area contributed by atoms with E-state index in [2.05, 4.69) is 36.0 Å². The maximum atomic E-state index is 4.65. The highest BCUT2D eigenvalue weighted by atomic mass is 32.1. The van der Waals surface area contributed by atoms with Gasteiger partial charge in [0.1, 0.15) is 0 Å². The third-order valence-corrected chi connectivity index (χ3v) is 4.19. The van der Waals surface area contributed by atoms with Crippen LogP contribution in [-0.4, -0.2) is 30.7 Å². The Morgan fingerprint density at radius 2 is 2.33 bits per heavy atom. The lowest BCUT2D eigenvalue weighted by Crippen LogP contribution is -2.51. The predicted octanol–water partition coefficient (Wildman–Crippen LogP) is 1.95. The molecule has 1 unspecified atom stereocenters. The number of nitrogens with one attached hydrogen (secondary N) is 1. The Hall–Kier alpha value is -0.610. The van der Waals surface area contributed by atoms with E-state index in [1.807, 2.05) is 11.3 Å². The zero-order chi connectivity index (χ0) is 10.8. The van der Waals surface area contributed by atoms with Gasteiger partial charge < -0.3 is 10.2 Å². The van der Waals surface area contributed by atoms with Gasteiger partial charge in [-0.2, -0.15) is 0 Å². The molecule has 1 N–H and O–H groups in total. The Morgan fingerprint density at radius 1 is 1.53 bits per heavy atom. The molecular weight excluding hydrogens is 206 g/mol. The Labute approximate surface area is 95.5 Å². The van der Waals surface area contributed by atoms with E-state index in [1.165, 1.54) is 22.1 Å². The summed E-state index contributed by atoms with van der Waals surface area (Å²) < 4.78 is 0. The van der Waals surface area contributed by atoms with Crippen LogP contribution < -0.4 is 10.2 Å². The van der Waals surface area contributed by atoms with Crippen molar-refractivity contribution in [2.75, 3.05) is 24.5 Å². The first-order valence-corrected chi connectivity index (χ1v) is 6.45. The van der Waals surface area contributed by atoms with Crippen molar-refractivity contribution in [2.45, 2.75) is 33.2 Å². The van der Waals surface area contributed by atoms with Gasteiger partial charge >= 0.3 is 0 Å². The largest absolute Gasteiger partial charge is 0.343 e. The minimum Gasteiger partial charge on any atom is -0.343 e. The Kier molecular flexibility index (Phi) is 3.26. The Balaban J connectivity index is 2.20. The fourth-order valence-electron chi connectivity index (χ4n) is 1.96. The molecule has 1 fully saturated rings. The van der Waals surface area contributed by atoms with Crippen LogP contribution in [0, 0.1) is 13.8 Å². The number of nitrogens with zero attached hydrogens (tertiary/aromatic N) is 2. The smallest absolute Gasteiger partial charge is 0.186 e. The van der Waals surface area contributed by atoms with Crippen molar-refractivity contribution in [3.63, 3.8) is 0 Å². The Bertz CT molecular complexity index is 315. The highest BCUT2D eigenvalue weighted by Gasteiger charge is 2.23. The zero-order valence-corrected chi connectivity index (χ0v) is 10.5. The van der Waals surface area contributed by atoms with Crippen molar-refractivity contribution in [3.8, 4) is 0 Å². The maximum absolute atomic E-state index is 4.65. The number of thiazole rings is 1. The van der Waals surface area contributed by atoms with Gasteiger partial charge in [-0.15, -0.1) is 11.3 Å². The number of hydrogen-bond donors (Lipinski definition) is 1. The fourth-order valence-corrected chi connectivity index (χ4v) is 2.96. The first kappa shape index (κ1) is 10.9. The van der Waals surface area contributed by atoms with Crippen LogP contribution in [0.1, 0.15) is 23.9 Å². The molecule has 1 saturated heterocycles. The average Bonchev–Trinajstić information content (AvgIpc) is 2.59. The molecule has 0 bridgehead atoms. The van der Waals surface area contributed by atoms with Crippen LogP contribution in [-0.2, 0) is 0 Å². The van der Waals surface area contributed by atoms with Gasteiger partial charge in [-0.25, -0.2) is 4.98 Å². The van der Waals surface area contributed by atoms with Crippen LogP contribution >= 0.6 is 11.3 Å². The van der Waals surface area contributed by atoms with Gasteiger partial charge in [0.2, 0.25) is 0 Å². The van der Waals surface area contributed by atoms with Crippen molar-refractivity contribution < 1.29 is 0 Å². The van der Waals surface area contributed by atoms with Crippen LogP contribution in [0.4, 0.5) is 5.13 Å². The third-order valence-electron chi connectivity index (χ3n) is 3.08. The van der Waals surface area contributed by atoms with Crippen LogP contribution in [0.3, 0.4) is 0 Å². The molecule has 0 aliphatic carbocycles. The van der Waals surface area contributed by atoms with Crippen LogP contribution in [0.25, 0.3) is 0 Å². The van der Waals surface area contributed by atoms with Crippen molar-refractivity contribution >= 4 is 16.5 Å². The molecular formula is C11H19N3S. The van der Waals surface area contributed by atoms with Crippen LogP contribution in [0.15, 0.2) is 0 Å². The molecule has 0 aromatic carbocycles. The first-order chi connectivity index (χ1) is 7.22. The number of hydrogen-bond acceptors (Lipinski definition) is 4. The van der Waals surface area contributed by atoms with Crippen LogP contribution in [0.5, 0.6) is 0 Å². The fraction of sp³-hybridized carbons (Fsp3) is 0.727. The quantitative estimate of drug-likeness (QED) is 0.834. The molecule has 0 radical (unpaired) electrons. The monoisotopic (exact) mass is 225 g/mol. The maximum Gasteiger partial charge on any atom is 0.186 e. The molecule has 1 aromatic heterocycles. The summed E-state index contributed by atoms with van der Waals surface area (Å²) in [5.74, 6) is 0. The number of aromatic nitrogens is 1. The molecule has 2 rings (SSSR count). The van der Waals surface area contributed by atoms with Crippen molar-refractivity contribution in [1.82, 2.24) is 10.3 Å². The van der Waals surface area contributed by atoms with E-state index in [4.69, 9.17) is 0 Å². The highest BCUT2D eigenvalue weighted by Crippen LogP contribution is 2.27.